The second-order valence-corrected chi connectivity index (χ2v) is 5.56. The molecule has 0 atom stereocenters. The van der Waals surface area contributed by atoms with Crippen LogP contribution in [0.1, 0.15) is 51.0 Å². The number of nitrogens with zero attached hydrogens (tertiary/aromatic N) is 4. The Morgan fingerprint density at radius 1 is 1.10 bits per heavy atom. The minimum absolute atomic E-state index is 0.800. The molecule has 0 radical (unpaired) electrons. The fourth-order valence-corrected chi connectivity index (χ4v) is 2.42. The molecule has 0 bridgehead atoms. The number of unbranched alkanes of at least 4 members (excludes halogenated alkanes) is 5. The molecule has 0 fully saturated rings. The lowest BCUT2D eigenvalue weighted by Crippen LogP contribution is -2.03. The van der Waals surface area contributed by atoms with E-state index in [0.717, 1.165) is 35.6 Å². The molecule has 1 aromatic carbocycles. The van der Waals surface area contributed by atoms with Crippen molar-refractivity contribution in [3.8, 4) is 11.4 Å². The van der Waals surface area contributed by atoms with Crippen LogP contribution in [-0.4, -0.2) is 20.2 Å². The quantitative estimate of drug-likeness (QED) is 0.595. The van der Waals surface area contributed by atoms with Gasteiger partial charge in [0.15, 0.2) is 5.82 Å². The predicted octanol–water partition coefficient (Wildman–Crippen LogP) is 3.59. The highest BCUT2D eigenvalue weighted by Crippen LogP contribution is 2.21. The van der Waals surface area contributed by atoms with E-state index in [-0.39, 0.29) is 0 Å². The summed E-state index contributed by atoms with van der Waals surface area (Å²) in [4.78, 5) is 0. The number of nitrogen functional groups attached to an aromatic ring is 1. The summed E-state index contributed by atoms with van der Waals surface area (Å²) >= 11 is 0. The van der Waals surface area contributed by atoms with Crippen LogP contribution >= 0.6 is 0 Å². The lowest BCUT2D eigenvalue weighted by molar-refractivity contribution is 0.519. The maximum Gasteiger partial charge on any atom is 0.182 e. The van der Waals surface area contributed by atoms with Gasteiger partial charge in [-0.05, 0) is 47.5 Å². The van der Waals surface area contributed by atoms with Crippen LogP contribution in [0, 0.1) is 6.92 Å². The fourth-order valence-electron chi connectivity index (χ4n) is 2.42. The number of aryl methyl sites for hydroxylation is 2. The average Bonchev–Trinajstić information content (AvgIpc) is 2.94. The van der Waals surface area contributed by atoms with E-state index in [1.165, 1.54) is 32.1 Å². The number of aromatic nitrogens is 4. The molecule has 1 aromatic heterocycles. The van der Waals surface area contributed by atoms with Crippen LogP contribution in [-0.2, 0) is 6.54 Å². The smallest absolute Gasteiger partial charge is 0.182 e. The van der Waals surface area contributed by atoms with E-state index < -0.39 is 0 Å². The van der Waals surface area contributed by atoms with Crippen LogP contribution in [0.4, 0.5) is 5.69 Å². The topological polar surface area (TPSA) is 69.6 Å². The molecule has 21 heavy (non-hydrogen) atoms. The molecule has 0 amide bonds. The Balaban J connectivity index is 1.93. The van der Waals surface area contributed by atoms with E-state index in [4.69, 9.17) is 5.73 Å². The van der Waals surface area contributed by atoms with Crippen molar-refractivity contribution in [3.05, 3.63) is 23.8 Å². The van der Waals surface area contributed by atoms with Crippen molar-refractivity contribution >= 4 is 5.69 Å². The Kier molecular flexibility index (Phi) is 5.72. The third-order valence-electron chi connectivity index (χ3n) is 3.78. The number of rotatable bonds is 8. The summed E-state index contributed by atoms with van der Waals surface area (Å²) < 4.78 is 1.89. The average molecular weight is 287 g/mol. The van der Waals surface area contributed by atoms with E-state index in [1.807, 2.05) is 29.8 Å². The number of hydrogen-bond acceptors (Lipinski definition) is 4. The van der Waals surface area contributed by atoms with E-state index in [1.54, 1.807) is 0 Å². The highest BCUT2D eigenvalue weighted by molar-refractivity contribution is 5.61. The van der Waals surface area contributed by atoms with Gasteiger partial charge in [0.2, 0.25) is 0 Å². The summed E-state index contributed by atoms with van der Waals surface area (Å²) in [6.07, 6.45) is 7.60. The zero-order valence-corrected chi connectivity index (χ0v) is 13.0. The van der Waals surface area contributed by atoms with Crippen molar-refractivity contribution in [2.45, 2.75) is 58.9 Å². The Morgan fingerprint density at radius 2 is 1.86 bits per heavy atom. The van der Waals surface area contributed by atoms with Gasteiger partial charge in [0.1, 0.15) is 0 Å². The maximum atomic E-state index is 5.86. The van der Waals surface area contributed by atoms with Crippen molar-refractivity contribution in [1.29, 1.82) is 0 Å². The van der Waals surface area contributed by atoms with Crippen LogP contribution in [0.3, 0.4) is 0 Å². The first-order valence-corrected chi connectivity index (χ1v) is 7.85. The first kappa shape index (κ1) is 15.5. The molecular weight excluding hydrogens is 262 g/mol. The molecule has 114 valence electrons. The van der Waals surface area contributed by atoms with E-state index in [0.29, 0.717) is 0 Å². The van der Waals surface area contributed by atoms with Gasteiger partial charge in [0, 0.05) is 17.8 Å². The Hall–Kier alpha value is -1.91. The van der Waals surface area contributed by atoms with Gasteiger partial charge in [-0.1, -0.05) is 39.0 Å². The summed E-state index contributed by atoms with van der Waals surface area (Å²) in [5.74, 6) is 0.826. The van der Waals surface area contributed by atoms with Crippen molar-refractivity contribution in [3.63, 3.8) is 0 Å². The lowest BCUT2D eigenvalue weighted by atomic mass is 10.1. The molecule has 2 N–H and O–H groups in total. The molecular formula is C16H25N5. The summed E-state index contributed by atoms with van der Waals surface area (Å²) in [6.45, 7) is 5.11. The van der Waals surface area contributed by atoms with Gasteiger partial charge in [0.25, 0.3) is 0 Å². The Bertz CT molecular complexity index is 562. The molecule has 0 unspecified atom stereocenters. The highest BCUT2D eigenvalue weighted by Gasteiger charge is 2.09. The van der Waals surface area contributed by atoms with Crippen LogP contribution in [0.2, 0.25) is 0 Å². The van der Waals surface area contributed by atoms with Crippen LogP contribution in [0.25, 0.3) is 11.4 Å². The van der Waals surface area contributed by atoms with Gasteiger partial charge in [0.05, 0.1) is 0 Å². The number of benzene rings is 1. The lowest BCUT2D eigenvalue weighted by Gasteiger charge is -2.06. The molecule has 5 heteroatoms. The van der Waals surface area contributed by atoms with Crippen LogP contribution in [0.15, 0.2) is 18.2 Å². The van der Waals surface area contributed by atoms with E-state index >= 15 is 0 Å². The number of tetrazole rings is 1. The first-order valence-electron chi connectivity index (χ1n) is 7.85. The summed E-state index contributed by atoms with van der Waals surface area (Å²) in [5, 5.41) is 12.1. The van der Waals surface area contributed by atoms with Crippen LogP contribution < -0.4 is 5.73 Å². The van der Waals surface area contributed by atoms with E-state index in [9.17, 15) is 0 Å². The Morgan fingerprint density at radius 3 is 2.62 bits per heavy atom. The molecule has 0 aliphatic heterocycles. The van der Waals surface area contributed by atoms with Gasteiger partial charge >= 0.3 is 0 Å². The number of anilines is 1. The molecule has 5 nitrogen and oxygen atoms in total. The van der Waals surface area contributed by atoms with Crippen molar-refractivity contribution in [2.75, 3.05) is 5.73 Å². The largest absolute Gasteiger partial charge is 0.399 e. The van der Waals surface area contributed by atoms with E-state index in [2.05, 4.69) is 22.4 Å². The molecule has 0 saturated carbocycles. The highest BCUT2D eigenvalue weighted by atomic mass is 15.5. The standard InChI is InChI=1S/C16H25N5/c1-3-4-5-6-7-8-11-21-16(18-19-20-21)14-9-10-15(17)13(2)12-14/h9-10,12H,3-8,11,17H2,1-2H3. The fraction of sp³-hybridized carbons (Fsp3) is 0.562. The molecule has 0 aliphatic carbocycles. The van der Waals surface area contributed by atoms with Gasteiger partial charge in [-0.15, -0.1) is 5.10 Å². The summed E-state index contributed by atoms with van der Waals surface area (Å²) in [6, 6.07) is 5.93. The molecule has 2 aromatic rings. The second kappa shape index (κ2) is 7.76. The third kappa shape index (κ3) is 4.28. The SMILES string of the molecule is CCCCCCCCn1nnnc1-c1ccc(N)c(C)c1. The predicted molar refractivity (Wildman–Crippen MR) is 85.8 cm³/mol. The summed E-state index contributed by atoms with van der Waals surface area (Å²) in [7, 11) is 0. The molecule has 2 rings (SSSR count). The molecule has 0 aliphatic rings. The van der Waals surface area contributed by atoms with Gasteiger partial charge < -0.3 is 5.73 Å². The molecule has 0 spiro atoms. The molecule has 1 heterocycles. The second-order valence-electron chi connectivity index (χ2n) is 5.56. The first-order chi connectivity index (χ1) is 10.2. The normalized spacial score (nSPS) is 11.0. The van der Waals surface area contributed by atoms with Gasteiger partial charge in [-0.3, -0.25) is 0 Å². The van der Waals surface area contributed by atoms with Gasteiger partial charge in [-0.2, -0.15) is 0 Å². The molecule has 0 saturated heterocycles. The van der Waals surface area contributed by atoms with Crippen molar-refractivity contribution < 1.29 is 0 Å². The zero-order valence-electron chi connectivity index (χ0n) is 13.0. The maximum absolute atomic E-state index is 5.86. The monoisotopic (exact) mass is 287 g/mol. The van der Waals surface area contributed by atoms with Gasteiger partial charge in [-0.25, -0.2) is 4.68 Å². The summed E-state index contributed by atoms with van der Waals surface area (Å²) in [5.41, 5.74) is 8.74. The number of hydrogen-bond donors (Lipinski definition) is 1. The minimum atomic E-state index is 0.800. The minimum Gasteiger partial charge on any atom is -0.399 e. The zero-order chi connectivity index (χ0) is 15.1. The van der Waals surface area contributed by atoms with Crippen molar-refractivity contribution in [2.24, 2.45) is 0 Å². The van der Waals surface area contributed by atoms with Crippen molar-refractivity contribution in [1.82, 2.24) is 20.2 Å². The Labute approximate surface area is 126 Å². The van der Waals surface area contributed by atoms with Crippen LogP contribution in [0.5, 0.6) is 0 Å². The number of nitrogens with two attached hydrogens (primary N) is 1. The third-order valence-corrected chi connectivity index (χ3v) is 3.78.